The van der Waals surface area contributed by atoms with Gasteiger partial charge in [-0.2, -0.15) is 4.98 Å². The first-order valence-corrected chi connectivity index (χ1v) is 6.14. The van der Waals surface area contributed by atoms with Crippen LogP contribution in [0, 0.1) is 5.92 Å². The van der Waals surface area contributed by atoms with Gasteiger partial charge in [-0.3, -0.25) is 4.57 Å². The van der Waals surface area contributed by atoms with Crippen LogP contribution in [-0.2, 0) is 0 Å². The molecule has 100 valence electrons. The fourth-order valence-corrected chi connectivity index (χ4v) is 3.09. The van der Waals surface area contributed by atoms with Crippen molar-refractivity contribution in [1.29, 1.82) is 0 Å². The Kier molecular flexibility index (Phi) is 2.04. The fraction of sp³-hybridized carbons (Fsp3) is 0.545. The Labute approximate surface area is 107 Å². The van der Waals surface area contributed by atoms with Crippen LogP contribution >= 0.6 is 0 Å². The first-order chi connectivity index (χ1) is 9.20. The number of rotatable bonds is 1. The number of aromatic nitrogens is 4. The summed E-state index contributed by atoms with van der Waals surface area (Å²) in [6, 6.07) is 0.138. The average molecular weight is 263 g/mol. The van der Waals surface area contributed by atoms with Crippen molar-refractivity contribution in [1.82, 2.24) is 19.5 Å². The third kappa shape index (κ3) is 1.27. The molecule has 8 heteroatoms. The highest BCUT2D eigenvalue weighted by Crippen LogP contribution is 2.46. The number of imidazole rings is 1. The number of fused-ring (bicyclic) bond motifs is 5. The highest BCUT2D eigenvalue weighted by molar-refractivity contribution is 5.82. The van der Waals surface area contributed by atoms with Gasteiger partial charge >= 0.3 is 0 Å². The number of hydrogen-bond acceptors (Lipinski definition) is 7. The van der Waals surface area contributed by atoms with Crippen molar-refractivity contribution in [3.8, 4) is 6.01 Å². The van der Waals surface area contributed by atoms with Crippen molar-refractivity contribution >= 4 is 17.0 Å². The SMILES string of the molecule is Nc1ncnc2c1nc1n2[C@@H]2[C@@H](O)[C@H](CO)C[C@@H]2O1. The lowest BCUT2D eigenvalue weighted by atomic mass is 10.1. The molecule has 0 saturated heterocycles. The van der Waals surface area contributed by atoms with Crippen molar-refractivity contribution in [2.75, 3.05) is 12.3 Å². The third-order valence-corrected chi connectivity index (χ3v) is 4.01. The van der Waals surface area contributed by atoms with Gasteiger partial charge in [0.2, 0.25) is 0 Å². The van der Waals surface area contributed by atoms with E-state index in [9.17, 15) is 10.2 Å². The van der Waals surface area contributed by atoms with Gasteiger partial charge in [-0.05, 0) is 6.42 Å². The minimum absolute atomic E-state index is 0.0589. The van der Waals surface area contributed by atoms with Gasteiger partial charge < -0.3 is 20.7 Å². The molecule has 1 aliphatic carbocycles. The van der Waals surface area contributed by atoms with Crippen LogP contribution in [0.25, 0.3) is 11.2 Å². The van der Waals surface area contributed by atoms with Crippen molar-refractivity contribution < 1.29 is 14.9 Å². The summed E-state index contributed by atoms with van der Waals surface area (Å²) < 4.78 is 7.49. The highest BCUT2D eigenvalue weighted by atomic mass is 16.5. The molecule has 0 amide bonds. The Morgan fingerprint density at radius 2 is 2.32 bits per heavy atom. The second kappa shape index (κ2) is 3.55. The molecule has 1 fully saturated rings. The first kappa shape index (κ1) is 10.9. The van der Waals surface area contributed by atoms with E-state index in [-0.39, 0.29) is 24.7 Å². The Morgan fingerprint density at radius 3 is 3.11 bits per heavy atom. The molecule has 4 atom stereocenters. The van der Waals surface area contributed by atoms with E-state index in [1.54, 1.807) is 4.57 Å². The summed E-state index contributed by atoms with van der Waals surface area (Å²) >= 11 is 0. The van der Waals surface area contributed by atoms with E-state index in [2.05, 4.69) is 15.0 Å². The first-order valence-electron chi connectivity index (χ1n) is 6.14. The van der Waals surface area contributed by atoms with E-state index < -0.39 is 6.10 Å². The van der Waals surface area contributed by atoms with E-state index in [1.165, 1.54) is 6.33 Å². The Morgan fingerprint density at radius 1 is 1.47 bits per heavy atom. The van der Waals surface area contributed by atoms with E-state index in [1.807, 2.05) is 0 Å². The summed E-state index contributed by atoms with van der Waals surface area (Å²) in [6.45, 7) is -0.0589. The zero-order valence-electron chi connectivity index (χ0n) is 9.97. The van der Waals surface area contributed by atoms with E-state index in [0.717, 1.165) is 0 Å². The van der Waals surface area contributed by atoms with Crippen LogP contribution in [0.15, 0.2) is 6.33 Å². The summed E-state index contributed by atoms with van der Waals surface area (Å²) in [5.74, 6) is 0.109. The molecule has 0 unspecified atom stereocenters. The number of aliphatic hydroxyl groups excluding tert-OH is 2. The minimum atomic E-state index is -0.676. The molecule has 8 nitrogen and oxygen atoms in total. The van der Waals surface area contributed by atoms with Gasteiger partial charge in [-0.25, -0.2) is 9.97 Å². The van der Waals surface area contributed by atoms with Crippen molar-refractivity contribution in [2.45, 2.75) is 24.7 Å². The molecular formula is C11H13N5O3. The zero-order chi connectivity index (χ0) is 13.1. The lowest BCUT2D eigenvalue weighted by Gasteiger charge is -2.17. The van der Waals surface area contributed by atoms with Crippen molar-refractivity contribution in [2.24, 2.45) is 5.92 Å². The van der Waals surface area contributed by atoms with Crippen molar-refractivity contribution in [3.05, 3.63) is 6.33 Å². The zero-order valence-corrected chi connectivity index (χ0v) is 9.97. The van der Waals surface area contributed by atoms with Gasteiger partial charge in [-0.15, -0.1) is 0 Å². The molecule has 2 aromatic heterocycles. The molecule has 0 radical (unpaired) electrons. The molecule has 4 rings (SSSR count). The van der Waals surface area contributed by atoms with Crippen molar-refractivity contribution in [3.63, 3.8) is 0 Å². The normalized spacial score (nSPS) is 32.3. The topological polar surface area (TPSA) is 119 Å². The average Bonchev–Trinajstić information content (AvgIpc) is 2.99. The Hall–Kier alpha value is -1.93. The monoisotopic (exact) mass is 263 g/mol. The number of anilines is 1. The summed E-state index contributed by atoms with van der Waals surface area (Å²) in [5, 5.41) is 19.6. The Balaban J connectivity index is 1.89. The molecule has 0 aromatic carbocycles. The molecular weight excluding hydrogens is 250 g/mol. The van der Waals surface area contributed by atoms with Crippen LogP contribution < -0.4 is 10.5 Å². The lowest BCUT2D eigenvalue weighted by Crippen LogP contribution is -2.26. The second-order valence-corrected chi connectivity index (χ2v) is 5.01. The summed E-state index contributed by atoms with van der Waals surface area (Å²) in [7, 11) is 0. The molecule has 4 N–H and O–H groups in total. The van der Waals surface area contributed by atoms with Crippen LogP contribution in [0.3, 0.4) is 0 Å². The molecule has 0 bridgehead atoms. The molecule has 1 aliphatic heterocycles. The van der Waals surface area contributed by atoms with E-state index in [4.69, 9.17) is 10.5 Å². The van der Waals surface area contributed by atoms with Crippen LogP contribution in [-0.4, -0.2) is 48.5 Å². The fourth-order valence-electron chi connectivity index (χ4n) is 3.09. The number of ether oxygens (including phenoxy) is 1. The van der Waals surface area contributed by atoms with Gasteiger partial charge in [0.1, 0.15) is 18.5 Å². The van der Waals surface area contributed by atoms with Crippen LogP contribution in [0.4, 0.5) is 5.82 Å². The predicted molar refractivity (Wildman–Crippen MR) is 64.4 cm³/mol. The van der Waals surface area contributed by atoms with Gasteiger partial charge in [0.15, 0.2) is 17.0 Å². The van der Waals surface area contributed by atoms with Crippen LogP contribution in [0.1, 0.15) is 12.5 Å². The largest absolute Gasteiger partial charge is 0.459 e. The molecule has 0 spiro atoms. The summed E-state index contributed by atoms with van der Waals surface area (Å²) in [6.07, 6.45) is 1.12. The summed E-state index contributed by atoms with van der Waals surface area (Å²) in [4.78, 5) is 12.3. The van der Waals surface area contributed by atoms with E-state index in [0.29, 0.717) is 29.4 Å². The number of nitrogens with two attached hydrogens (primary N) is 1. The maximum absolute atomic E-state index is 10.3. The summed E-state index contributed by atoms with van der Waals surface area (Å²) in [5.41, 5.74) is 6.80. The molecule has 2 aromatic rings. The highest BCUT2D eigenvalue weighted by Gasteiger charge is 2.50. The number of nitrogens with zero attached hydrogens (tertiary/aromatic N) is 4. The van der Waals surface area contributed by atoms with Gasteiger partial charge in [0.25, 0.3) is 6.01 Å². The maximum atomic E-state index is 10.3. The van der Waals surface area contributed by atoms with Gasteiger partial charge in [0, 0.05) is 12.5 Å². The predicted octanol–water partition coefficient (Wildman–Crippen LogP) is -0.916. The minimum Gasteiger partial charge on any atom is -0.459 e. The smallest absolute Gasteiger partial charge is 0.299 e. The maximum Gasteiger partial charge on any atom is 0.299 e. The molecule has 3 heterocycles. The lowest BCUT2D eigenvalue weighted by molar-refractivity contribution is 0.0653. The molecule has 2 aliphatic rings. The third-order valence-electron chi connectivity index (χ3n) is 4.01. The van der Waals surface area contributed by atoms with Gasteiger partial charge in [0.05, 0.1) is 6.10 Å². The Bertz CT molecular complexity index is 657. The van der Waals surface area contributed by atoms with Crippen LogP contribution in [0.2, 0.25) is 0 Å². The standard InChI is InChI=1S/C11H13N5O3/c12-9-6-10(14-3-13-9)16-7-5(19-11(16)15-6)1-4(2-17)8(7)18/h3-5,7-8,17-18H,1-2H2,(H2,12,13,14)/t4-,5-,7-,8-/m0/s1. The van der Waals surface area contributed by atoms with E-state index >= 15 is 0 Å². The second-order valence-electron chi connectivity index (χ2n) is 5.01. The van der Waals surface area contributed by atoms with Gasteiger partial charge in [-0.1, -0.05) is 0 Å². The number of aliphatic hydroxyl groups is 2. The van der Waals surface area contributed by atoms with Crippen LogP contribution in [0.5, 0.6) is 6.01 Å². The number of hydrogen-bond donors (Lipinski definition) is 3. The quantitative estimate of drug-likeness (QED) is 0.609. The molecule has 1 saturated carbocycles. The molecule has 19 heavy (non-hydrogen) atoms. The number of nitrogen functional groups attached to an aromatic ring is 1.